The fraction of sp³-hybridized carbons (Fsp3) is 0.929. The van der Waals surface area contributed by atoms with E-state index in [9.17, 15) is 4.79 Å². The molecule has 0 N–H and O–H groups in total. The fourth-order valence-corrected chi connectivity index (χ4v) is 2.65. The SMILES string of the molecule is CCCSC(C)(C)CC(=O)CC(C)(C)CC. The van der Waals surface area contributed by atoms with Gasteiger partial charge in [0, 0.05) is 17.6 Å². The molecule has 0 aromatic heterocycles. The smallest absolute Gasteiger partial charge is 0.134 e. The Hall–Kier alpha value is 0.0200. The summed E-state index contributed by atoms with van der Waals surface area (Å²) in [5.41, 5.74) is 0.169. The minimum Gasteiger partial charge on any atom is -0.300 e. The second-order valence-electron chi connectivity index (χ2n) is 6.02. The van der Waals surface area contributed by atoms with E-state index in [4.69, 9.17) is 0 Å². The van der Waals surface area contributed by atoms with Gasteiger partial charge in [-0.15, -0.1) is 0 Å². The molecule has 0 fully saturated rings. The van der Waals surface area contributed by atoms with Gasteiger partial charge in [0.2, 0.25) is 0 Å². The van der Waals surface area contributed by atoms with Gasteiger partial charge in [0.25, 0.3) is 0 Å². The maximum atomic E-state index is 12.0. The Bertz CT molecular complexity index is 219. The normalized spacial score (nSPS) is 12.9. The van der Waals surface area contributed by atoms with E-state index in [0.717, 1.165) is 18.6 Å². The Morgan fingerprint density at radius 3 is 2.06 bits per heavy atom. The van der Waals surface area contributed by atoms with Crippen molar-refractivity contribution >= 4 is 17.5 Å². The molecule has 0 aliphatic rings. The van der Waals surface area contributed by atoms with E-state index >= 15 is 0 Å². The largest absolute Gasteiger partial charge is 0.300 e. The second-order valence-corrected chi connectivity index (χ2v) is 7.82. The Labute approximate surface area is 106 Å². The van der Waals surface area contributed by atoms with Crippen molar-refractivity contribution in [2.24, 2.45) is 5.41 Å². The van der Waals surface area contributed by atoms with Crippen LogP contribution in [0, 0.1) is 5.41 Å². The van der Waals surface area contributed by atoms with Crippen LogP contribution in [0.2, 0.25) is 0 Å². The highest BCUT2D eigenvalue weighted by atomic mass is 32.2. The van der Waals surface area contributed by atoms with Crippen LogP contribution in [-0.4, -0.2) is 16.3 Å². The van der Waals surface area contributed by atoms with E-state index < -0.39 is 0 Å². The third kappa shape index (κ3) is 7.32. The monoisotopic (exact) mass is 244 g/mol. The lowest BCUT2D eigenvalue weighted by atomic mass is 9.83. The average Bonchev–Trinajstić information content (AvgIpc) is 2.13. The molecule has 0 aliphatic heterocycles. The van der Waals surface area contributed by atoms with Crippen molar-refractivity contribution in [3.05, 3.63) is 0 Å². The Balaban J connectivity index is 4.13. The van der Waals surface area contributed by atoms with Gasteiger partial charge in [0.1, 0.15) is 5.78 Å². The molecular formula is C14H28OS. The Morgan fingerprint density at radius 1 is 1.06 bits per heavy atom. The minimum atomic E-state index is 0.108. The van der Waals surface area contributed by atoms with Crippen LogP contribution in [0.1, 0.15) is 67.2 Å². The standard InChI is InChI=1S/C14H28OS/c1-7-9-16-14(5,6)11-12(15)10-13(3,4)8-2/h7-11H2,1-6H3. The number of hydrogen-bond acceptors (Lipinski definition) is 2. The van der Waals surface area contributed by atoms with Crippen LogP contribution >= 0.6 is 11.8 Å². The van der Waals surface area contributed by atoms with Gasteiger partial charge >= 0.3 is 0 Å². The summed E-state index contributed by atoms with van der Waals surface area (Å²) in [6, 6.07) is 0. The molecule has 16 heavy (non-hydrogen) atoms. The number of hydrogen-bond donors (Lipinski definition) is 0. The first-order valence-electron chi connectivity index (χ1n) is 6.38. The van der Waals surface area contributed by atoms with E-state index in [1.54, 1.807) is 0 Å². The van der Waals surface area contributed by atoms with Crippen molar-refractivity contribution in [2.45, 2.75) is 72.0 Å². The summed E-state index contributed by atoms with van der Waals surface area (Å²) in [5.74, 6) is 1.57. The highest BCUT2D eigenvalue weighted by Crippen LogP contribution is 2.32. The molecule has 0 aromatic carbocycles. The number of carbonyl (C=O) groups is 1. The molecule has 0 unspecified atom stereocenters. The second kappa shape index (κ2) is 6.68. The summed E-state index contributed by atoms with van der Waals surface area (Å²) in [4.78, 5) is 12.0. The van der Waals surface area contributed by atoms with Crippen molar-refractivity contribution in [3.63, 3.8) is 0 Å². The molecule has 96 valence electrons. The molecule has 0 heterocycles. The molecule has 0 radical (unpaired) electrons. The molecule has 1 nitrogen and oxygen atoms in total. The summed E-state index contributed by atoms with van der Waals surface area (Å²) in [6.07, 6.45) is 3.69. The minimum absolute atomic E-state index is 0.108. The first-order chi connectivity index (χ1) is 7.22. The molecule has 0 amide bonds. The average molecular weight is 244 g/mol. The molecule has 0 atom stereocenters. The van der Waals surface area contributed by atoms with Crippen LogP contribution in [0.15, 0.2) is 0 Å². The number of rotatable bonds is 8. The Morgan fingerprint density at radius 2 is 1.62 bits per heavy atom. The van der Waals surface area contributed by atoms with E-state index in [1.807, 2.05) is 11.8 Å². The van der Waals surface area contributed by atoms with Crippen LogP contribution in [0.4, 0.5) is 0 Å². The van der Waals surface area contributed by atoms with Gasteiger partial charge in [-0.1, -0.05) is 48.0 Å². The van der Waals surface area contributed by atoms with Crippen molar-refractivity contribution in [1.82, 2.24) is 0 Å². The zero-order valence-corrected chi connectivity index (χ0v) is 12.7. The van der Waals surface area contributed by atoms with Crippen molar-refractivity contribution in [1.29, 1.82) is 0 Å². The maximum absolute atomic E-state index is 12.0. The van der Waals surface area contributed by atoms with E-state index in [1.165, 1.54) is 6.42 Å². The first-order valence-corrected chi connectivity index (χ1v) is 7.36. The summed E-state index contributed by atoms with van der Waals surface area (Å²) in [5, 5.41) is 0. The fourth-order valence-electron chi connectivity index (χ4n) is 1.63. The van der Waals surface area contributed by atoms with E-state index in [2.05, 4.69) is 41.5 Å². The van der Waals surface area contributed by atoms with Crippen LogP contribution in [0.5, 0.6) is 0 Å². The molecule has 0 aliphatic carbocycles. The number of thioether (sulfide) groups is 1. The van der Waals surface area contributed by atoms with Gasteiger partial charge < -0.3 is 0 Å². The van der Waals surface area contributed by atoms with Crippen LogP contribution in [-0.2, 0) is 4.79 Å². The van der Waals surface area contributed by atoms with Crippen LogP contribution in [0.3, 0.4) is 0 Å². The highest BCUT2D eigenvalue weighted by Gasteiger charge is 2.26. The zero-order chi connectivity index (χ0) is 12.8. The topological polar surface area (TPSA) is 17.1 Å². The molecular weight excluding hydrogens is 216 g/mol. The highest BCUT2D eigenvalue weighted by molar-refractivity contribution is 8.00. The molecule has 0 spiro atoms. The van der Waals surface area contributed by atoms with Crippen molar-refractivity contribution in [3.8, 4) is 0 Å². The summed E-state index contributed by atoms with van der Waals surface area (Å²) in [6.45, 7) is 13.1. The summed E-state index contributed by atoms with van der Waals surface area (Å²) in [7, 11) is 0. The molecule has 0 rings (SSSR count). The van der Waals surface area contributed by atoms with Gasteiger partial charge in [0.05, 0.1) is 0 Å². The molecule has 2 heteroatoms. The lowest BCUT2D eigenvalue weighted by molar-refractivity contribution is -0.121. The molecule has 0 saturated heterocycles. The summed E-state index contributed by atoms with van der Waals surface area (Å²) < 4.78 is 0.108. The van der Waals surface area contributed by atoms with Gasteiger partial charge in [0.15, 0.2) is 0 Å². The van der Waals surface area contributed by atoms with Gasteiger partial charge in [-0.2, -0.15) is 11.8 Å². The third-order valence-electron chi connectivity index (χ3n) is 2.95. The van der Waals surface area contributed by atoms with Crippen molar-refractivity contribution < 1.29 is 4.79 Å². The first kappa shape index (κ1) is 16.0. The van der Waals surface area contributed by atoms with Crippen LogP contribution < -0.4 is 0 Å². The number of Topliss-reactive ketones (excluding diaryl/α,β-unsaturated/α-hetero) is 1. The quantitative estimate of drug-likeness (QED) is 0.616. The van der Waals surface area contributed by atoms with Crippen molar-refractivity contribution in [2.75, 3.05) is 5.75 Å². The molecule has 0 saturated carbocycles. The van der Waals surface area contributed by atoms with Gasteiger partial charge in [-0.3, -0.25) is 4.79 Å². The summed E-state index contributed by atoms with van der Waals surface area (Å²) >= 11 is 1.92. The van der Waals surface area contributed by atoms with Crippen LogP contribution in [0.25, 0.3) is 0 Å². The van der Waals surface area contributed by atoms with E-state index in [0.29, 0.717) is 12.2 Å². The molecule has 0 bridgehead atoms. The lowest BCUT2D eigenvalue weighted by Gasteiger charge is -2.26. The lowest BCUT2D eigenvalue weighted by Crippen LogP contribution is -2.24. The van der Waals surface area contributed by atoms with Gasteiger partial charge in [-0.25, -0.2) is 0 Å². The third-order valence-corrected chi connectivity index (χ3v) is 4.49. The van der Waals surface area contributed by atoms with E-state index in [-0.39, 0.29) is 10.2 Å². The number of ketones is 1. The number of carbonyl (C=O) groups excluding carboxylic acids is 1. The molecule has 0 aromatic rings. The zero-order valence-electron chi connectivity index (χ0n) is 11.9. The predicted octanol–water partition coefficient (Wildman–Crippen LogP) is 4.69. The maximum Gasteiger partial charge on any atom is 0.134 e. The van der Waals surface area contributed by atoms with Gasteiger partial charge in [-0.05, 0) is 17.6 Å². The Kier molecular flexibility index (Phi) is 6.69. The predicted molar refractivity (Wildman–Crippen MR) is 75.1 cm³/mol.